The predicted octanol–water partition coefficient (Wildman–Crippen LogP) is 4.93. The molecule has 5 rings (SSSR count). The van der Waals surface area contributed by atoms with Crippen LogP contribution >= 0.6 is 11.3 Å². The van der Waals surface area contributed by atoms with Crippen LogP contribution in [0.3, 0.4) is 0 Å². The first-order valence-corrected chi connectivity index (χ1v) is 14.6. The largest absolute Gasteiger partial charge is 0.470 e. The number of pyridine rings is 1. The van der Waals surface area contributed by atoms with Crippen molar-refractivity contribution in [1.29, 1.82) is 0 Å². The van der Waals surface area contributed by atoms with Crippen molar-refractivity contribution in [2.75, 3.05) is 26.0 Å². The van der Waals surface area contributed by atoms with Crippen molar-refractivity contribution in [3.05, 3.63) is 36.4 Å². The van der Waals surface area contributed by atoms with Gasteiger partial charge < -0.3 is 14.4 Å². The van der Waals surface area contributed by atoms with Crippen LogP contribution in [0, 0.1) is 5.92 Å². The van der Waals surface area contributed by atoms with Gasteiger partial charge in [-0.3, -0.25) is 0 Å². The molecule has 0 spiro atoms. The maximum Gasteiger partial charge on any atom is 0.410 e. The Hall–Kier alpha value is -2.72. The Morgan fingerprint density at radius 2 is 1.83 bits per heavy atom. The van der Waals surface area contributed by atoms with Gasteiger partial charge >= 0.3 is 6.09 Å². The Bertz CT molecular complexity index is 1320. The lowest BCUT2D eigenvalue weighted by Crippen LogP contribution is -2.40. The second kappa shape index (κ2) is 9.39. The monoisotopic (exact) mass is 515 g/mol. The fourth-order valence-electron chi connectivity index (χ4n) is 4.16. The van der Waals surface area contributed by atoms with E-state index >= 15 is 0 Å². The molecule has 1 saturated heterocycles. The molecule has 3 heterocycles. The molecule has 2 fully saturated rings. The van der Waals surface area contributed by atoms with Crippen molar-refractivity contribution >= 4 is 37.6 Å². The molecule has 1 aromatic carbocycles. The summed E-state index contributed by atoms with van der Waals surface area (Å²) in [6.45, 7) is 4.04. The Morgan fingerprint density at radius 1 is 1.11 bits per heavy atom. The fourth-order valence-corrected chi connectivity index (χ4v) is 5.61. The highest BCUT2D eigenvalue weighted by atomic mass is 32.2. The van der Waals surface area contributed by atoms with Crippen LogP contribution in [0.15, 0.2) is 41.3 Å². The number of likely N-dealkylation sites (tertiary alicyclic amines) is 1. The van der Waals surface area contributed by atoms with E-state index in [2.05, 4.69) is 9.97 Å². The number of piperidine rings is 1. The number of carbonyl (C=O) groups excluding carboxylic acids is 1. The van der Waals surface area contributed by atoms with Crippen LogP contribution < -0.4 is 4.74 Å². The highest BCUT2D eigenvalue weighted by Crippen LogP contribution is 2.39. The van der Waals surface area contributed by atoms with Crippen LogP contribution in [0.2, 0.25) is 0 Å². The average molecular weight is 516 g/mol. The number of fused-ring (bicyclic) bond motifs is 1. The smallest absolute Gasteiger partial charge is 0.410 e. The van der Waals surface area contributed by atoms with Gasteiger partial charge in [0.2, 0.25) is 0 Å². The first-order valence-electron chi connectivity index (χ1n) is 11.9. The number of rotatable bonds is 7. The molecular formula is C25H29N3O5S2. The summed E-state index contributed by atoms with van der Waals surface area (Å²) >= 11 is 1.41. The highest BCUT2D eigenvalue weighted by molar-refractivity contribution is 7.90. The molecule has 0 N–H and O–H groups in total. The van der Waals surface area contributed by atoms with E-state index < -0.39 is 9.84 Å². The number of sulfone groups is 1. The molecule has 186 valence electrons. The Morgan fingerprint density at radius 3 is 2.49 bits per heavy atom. The summed E-state index contributed by atoms with van der Waals surface area (Å²) in [5.74, 6) is 0.518. The van der Waals surface area contributed by atoms with Crippen LogP contribution in [0.25, 0.3) is 21.6 Å². The lowest BCUT2D eigenvalue weighted by molar-refractivity contribution is 0.0477. The van der Waals surface area contributed by atoms with Crippen molar-refractivity contribution < 1.29 is 22.7 Å². The number of hydrogen-bond acceptors (Lipinski definition) is 8. The minimum Gasteiger partial charge on any atom is -0.470 e. The van der Waals surface area contributed by atoms with E-state index in [1.54, 1.807) is 24.3 Å². The minimum absolute atomic E-state index is 0.174. The topological polar surface area (TPSA) is 98.7 Å². The van der Waals surface area contributed by atoms with Crippen LogP contribution in [0.1, 0.15) is 39.0 Å². The molecule has 1 aliphatic carbocycles. The first kappa shape index (κ1) is 24.0. The SMILES string of the molecule is CC1(OC(=O)N2CCC(CCOc3nc4ccc(-c5ccc(S(C)(=O)=O)cc5)nc4s3)CC2)CC1. The summed E-state index contributed by atoms with van der Waals surface area (Å²) in [5.41, 5.74) is 2.15. The number of hydrogen-bond donors (Lipinski definition) is 0. The maximum atomic E-state index is 12.3. The lowest BCUT2D eigenvalue weighted by Gasteiger charge is -2.32. The van der Waals surface area contributed by atoms with Crippen LogP contribution in [0.5, 0.6) is 5.19 Å². The van der Waals surface area contributed by atoms with Gasteiger partial charge in [0.05, 0.1) is 17.2 Å². The molecule has 10 heteroatoms. The number of nitrogens with zero attached hydrogens (tertiary/aromatic N) is 3. The molecule has 2 aromatic heterocycles. The Kier molecular flexibility index (Phi) is 6.43. The fraction of sp³-hybridized carbons (Fsp3) is 0.480. The van der Waals surface area contributed by atoms with Gasteiger partial charge in [-0.15, -0.1) is 0 Å². The summed E-state index contributed by atoms with van der Waals surface area (Å²) < 4.78 is 34.9. The third kappa shape index (κ3) is 5.75. The second-order valence-electron chi connectivity index (χ2n) is 9.68. The molecule has 35 heavy (non-hydrogen) atoms. The zero-order valence-electron chi connectivity index (χ0n) is 19.9. The van der Waals surface area contributed by atoms with Crippen LogP contribution in [0.4, 0.5) is 4.79 Å². The summed E-state index contributed by atoms with van der Waals surface area (Å²) in [5, 5.41) is 0.593. The van der Waals surface area contributed by atoms with E-state index in [0.717, 1.165) is 66.8 Å². The van der Waals surface area contributed by atoms with Crippen LogP contribution in [-0.4, -0.2) is 60.9 Å². The molecule has 8 nitrogen and oxygen atoms in total. The van der Waals surface area contributed by atoms with Gasteiger partial charge in [-0.2, -0.15) is 0 Å². The number of aromatic nitrogens is 2. The van der Waals surface area contributed by atoms with Gasteiger partial charge in [-0.1, -0.05) is 23.5 Å². The molecular weight excluding hydrogens is 486 g/mol. The molecule has 0 bridgehead atoms. The third-order valence-corrected chi connectivity index (χ3v) is 8.73. The normalized spacial score (nSPS) is 17.9. The van der Waals surface area contributed by atoms with E-state index in [1.165, 1.54) is 17.6 Å². The molecule has 1 saturated carbocycles. The molecule has 0 unspecified atom stereocenters. The highest BCUT2D eigenvalue weighted by Gasteiger charge is 2.43. The van der Waals surface area contributed by atoms with Crippen LogP contribution in [-0.2, 0) is 14.6 Å². The number of ether oxygens (including phenoxy) is 2. The zero-order chi connectivity index (χ0) is 24.6. The lowest BCUT2D eigenvalue weighted by atomic mass is 9.94. The van der Waals surface area contributed by atoms with Crippen molar-refractivity contribution in [2.24, 2.45) is 5.92 Å². The van der Waals surface area contributed by atoms with Crippen molar-refractivity contribution in [1.82, 2.24) is 14.9 Å². The van der Waals surface area contributed by atoms with Gasteiger partial charge in [0.15, 0.2) is 9.84 Å². The zero-order valence-corrected chi connectivity index (χ0v) is 21.5. The number of amides is 1. The van der Waals surface area contributed by atoms with Gasteiger partial charge in [-0.05, 0) is 69.2 Å². The molecule has 0 atom stereocenters. The van der Waals surface area contributed by atoms with E-state index in [-0.39, 0.29) is 16.6 Å². The summed E-state index contributed by atoms with van der Waals surface area (Å²) in [6, 6.07) is 10.5. The quantitative estimate of drug-likeness (QED) is 0.440. The Balaban J connectivity index is 1.13. The standard InChI is InChI=1S/C25H29N3O5S2/c1-25(12-13-25)33-24(29)28-14-9-17(10-15-28)11-16-32-23-27-21-8-7-20(26-22(21)34-23)18-3-5-19(6-4-18)35(2,30)31/h3-8,17H,9-16H2,1-2H3. The van der Waals surface area contributed by atoms with E-state index in [9.17, 15) is 13.2 Å². The summed E-state index contributed by atoms with van der Waals surface area (Å²) in [7, 11) is -3.23. The average Bonchev–Trinajstić information content (AvgIpc) is 3.41. The molecule has 3 aromatic rings. The van der Waals surface area contributed by atoms with Gasteiger partial charge in [0.1, 0.15) is 15.9 Å². The van der Waals surface area contributed by atoms with Crippen molar-refractivity contribution in [3.8, 4) is 16.5 Å². The number of benzene rings is 1. The first-order chi connectivity index (χ1) is 16.7. The Labute approximate surface area is 209 Å². The number of thiazole rings is 1. The molecule has 1 aliphatic heterocycles. The van der Waals surface area contributed by atoms with Crippen molar-refractivity contribution in [3.63, 3.8) is 0 Å². The van der Waals surface area contributed by atoms with Gasteiger partial charge in [0, 0.05) is 24.9 Å². The molecule has 1 amide bonds. The minimum atomic E-state index is -3.23. The van der Waals surface area contributed by atoms with Gasteiger partial charge in [0.25, 0.3) is 5.19 Å². The second-order valence-corrected chi connectivity index (χ2v) is 12.6. The van der Waals surface area contributed by atoms with Gasteiger partial charge in [-0.25, -0.2) is 23.2 Å². The molecule has 2 aliphatic rings. The van der Waals surface area contributed by atoms with E-state index in [0.29, 0.717) is 17.7 Å². The van der Waals surface area contributed by atoms with E-state index in [1.807, 2.05) is 24.0 Å². The van der Waals surface area contributed by atoms with E-state index in [4.69, 9.17) is 9.47 Å². The summed E-state index contributed by atoms with van der Waals surface area (Å²) in [4.78, 5) is 24.4. The van der Waals surface area contributed by atoms with Crippen molar-refractivity contribution in [2.45, 2.75) is 49.5 Å². The molecule has 0 radical (unpaired) electrons. The third-order valence-electron chi connectivity index (χ3n) is 6.73. The predicted molar refractivity (Wildman–Crippen MR) is 134 cm³/mol. The number of carbonyl (C=O) groups is 1. The maximum absolute atomic E-state index is 12.3. The summed E-state index contributed by atoms with van der Waals surface area (Å²) in [6.07, 6.45) is 5.78.